The number of rotatable bonds is 4. The van der Waals surface area contributed by atoms with Crippen molar-refractivity contribution in [3.05, 3.63) is 74.6 Å². The number of aliphatic hydroxyl groups is 1. The molecule has 0 amide bonds. The van der Waals surface area contributed by atoms with Crippen LogP contribution in [0.25, 0.3) is 10.8 Å². The molecule has 0 saturated heterocycles. The van der Waals surface area contributed by atoms with Crippen LogP contribution in [0.15, 0.2) is 57.9 Å². The highest BCUT2D eigenvalue weighted by molar-refractivity contribution is 9.10. The first-order chi connectivity index (χ1) is 12.6. The van der Waals surface area contributed by atoms with Gasteiger partial charge in [0.25, 0.3) is 5.56 Å². The van der Waals surface area contributed by atoms with E-state index in [1.165, 1.54) is 15.8 Å². The maximum atomic E-state index is 12.6. The van der Waals surface area contributed by atoms with Crippen molar-refractivity contribution in [3.8, 4) is 0 Å². The first-order valence-electron chi connectivity index (χ1n) is 8.73. The van der Waals surface area contributed by atoms with Gasteiger partial charge < -0.3 is 5.11 Å². The molecule has 1 aliphatic heterocycles. The van der Waals surface area contributed by atoms with Crippen molar-refractivity contribution >= 4 is 26.7 Å². The second kappa shape index (κ2) is 7.31. The van der Waals surface area contributed by atoms with Crippen molar-refractivity contribution in [2.24, 2.45) is 0 Å². The molecule has 26 heavy (non-hydrogen) atoms. The normalized spacial score (nSPS) is 15.8. The molecule has 0 fully saturated rings. The largest absolute Gasteiger partial charge is 0.390 e. The zero-order chi connectivity index (χ0) is 18.1. The third kappa shape index (κ3) is 3.58. The number of benzene rings is 2. The third-order valence-corrected chi connectivity index (χ3v) is 5.37. The van der Waals surface area contributed by atoms with Gasteiger partial charge in [0.15, 0.2) is 0 Å². The lowest BCUT2D eigenvalue weighted by atomic mass is 10.00. The highest BCUT2D eigenvalue weighted by Crippen LogP contribution is 2.19. The van der Waals surface area contributed by atoms with Gasteiger partial charge in [0.05, 0.1) is 24.2 Å². The average Bonchev–Trinajstić information content (AvgIpc) is 2.64. The predicted octanol–water partition coefficient (Wildman–Crippen LogP) is 2.58. The van der Waals surface area contributed by atoms with E-state index in [1.807, 2.05) is 12.1 Å². The van der Waals surface area contributed by atoms with E-state index >= 15 is 0 Å². The molecule has 5 nitrogen and oxygen atoms in total. The SMILES string of the molecule is O=c1c2cc(Br)ccc2cnn1CC(O)CN1CCc2ccccc2C1. The average molecular weight is 414 g/mol. The van der Waals surface area contributed by atoms with Crippen LogP contribution in [0.2, 0.25) is 0 Å². The number of hydrogen-bond donors (Lipinski definition) is 1. The van der Waals surface area contributed by atoms with Crippen molar-refractivity contribution in [1.29, 1.82) is 0 Å². The molecular formula is C20H20BrN3O2. The Balaban J connectivity index is 1.47. The Morgan fingerprint density at radius 1 is 1.15 bits per heavy atom. The van der Waals surface area contributed by atoms with E-state index < -0.39 is 6.10 Å². The first-order valence-corrected chi connectivity index (χ1v) is 9.52. The lowest BCUT2D eigenvalue weighted by Gasteiger charge is -2.30. The number of aliphatic hydroxyl groups excluding tert-OH is 1. The molecule has 2 aromatic carbocycles. The van der Waals surface area contributed by atoms with Crippen molar-refractivity contribution in [2.75, 3.05) is 13.1 Å². The molecule has 6 heteroatoms. The number of fused-ring (bicyclic) bond motifs is 2. The van der Waals surface area contributed by atoms with E-state index in [-0.39, 0.29) is 12.1 Å². The van der Waals surface area contributed by atoms with Gasteiger partial charge in [0.2, 0.25) is 0 Å². The molecule has 1 unspecified atom stereocenters. The zero-order valence-electron chi connectivity index (χ0n) is 14.3. The number of halogens is 1. The molecule has 0 bridgehead atoms. The highest BCUT2D eigenvalue weighted by Gasteiger charge is 2.19. The van der Waals surface area contributed by atoms with E-state index in [0.717, 1.165) is 29.4 Å². The van der Waals surface area contributed by atoms with Gasteiger partial charge in [-0.15, -0.1) is 0 Å². The number of aromatic nitrogens is 2. The molecule has 1 aliphatic rings. The van der Waals surface area contributed by atoms with Gasteiger partial charge in [0.1, 0.15) is 0 Å². The Morgan fingerprint density at radius 3 is 2.81 bits per heavy atom. The van der Waals surface area contributed by atoms with Crippen LogP contribution in [0.4, 0.5) is 0 Å². The fraction of sp³-hybridized carbons (Fsp3) is 0.300. The van der Waals surface area contributed by atoms with Crippen LogP contribution >= 0.6 is 15.9 Å². The minimum absolute atomic E-state index is 0.174. The zero-order valence-corrected chi connectivity index (χ0v) is 15.9. The standard InChI is InChI=1S/C20H20BrN3O2/c21-17-6-5-15-10-22-24(20(26)19(15)9-17)13-18(25)12-23-8-7-14-3-1-2-4-16(14)11-23/h1-6,9-10,18,25H,7-8,11-13H2. The summed E-state index contributed by atoms with van der Waals surface area (Å²) in [5, 5.41) is 16.1. The van der Waals surface area contributed by atoms with Crippen LogP contribution in [-0.2, 0) is 19.5 Å². The second-order valence-electron chi connectivity index (χ2n) is 6.77. The Morgan fingerprint density at radius 2 is 1.96 bits per heavy atom. The topological polar surface area (TPSA) is 58.4 Å². The summed E-state index contributed by atoms with van der Waals surface area (Å²) in [6, 6.07) is 14.0. The van der Waals surface area contributed by atoms with E-state index in [9.17, 15) is 9.90 Å². The Kier molecular flexibility index (Phi) is 4.89. The number of hydrogen-bond acceptors (Lipinski definition) is 4. The summed E-state index contributed by atoms with van der Waals surface area (Å²) in [5.41, 5.74) is 2.53. The van der Waals surface area contributed by atoms with E-state index in [0.29, 0.717) is 11.9 Å². The van der Waals surface area contributed by atoms with Crippen LogP contribution < -0.4 is 5.56 Å². The predicted molar refractivity (Wildman–Crippen MR) is 105 cm³/mol. The molecule has 3 aromatic rings. The molecule has 4 rings (SSSR count). The molecule has 0 spiro atoms. The molecule has 1 aromatic heterocycles. The van der Waals surface area contributed by atoms with Crippen LogP contribution in [0.1, 0.15) is 11.1 Å². The van der Waals surface area contributed by atoms with Gasteiger partial charge in [0, 0.05) is 29.5 Å². The summed E-state index contributed by atoms with van der Waals surface area (Å²) in [6.45, 7) is 2.47. The molecule has 1 atom stereocenters. The quantitative estimate of drug-likeness (QED) is 0.713. The summed E-state index contributed by atoms with van der Waals surface area (Å²) in [7, 11) is 0. The van der Waals surface area contributed by atoms with Gasteiger partial charge in [-0.25, -0.2) is 4.68 Å². The molecule has 0 saturated carbocycles. The molecule has 0 radical (unpaired) electrons. The Bertz CT molecular complexity index is 1000. The van der Waals surface area contributed by atoms with Crippen molar-refractivity contribution in [1.82, 2.24) is 14.7 Å². The Labute approximate surface area is 160 Å². The maximum Gasteiger partial charge on any atom is 0.274 e. The Hall–Kier alpha value is -2.02. The minimum atomic E-state index is -0.643. The summed E-state index contributed by atoms with van der Waals surface area (Å²) in [4.78, 5) is 14.9. The van der Waals surface area contributed by atoms with Gasteiger partial charge in [-0.2, -0.15) is 5.10 Å². The monoisotopic (exact) mass is 413 g/mol. The second-order valence-corrected chi connectivity index (χ2v) is 7.69. The van der Waals surface area contributed by atoms with Gasteiger partial charge >= 0.3 is 0 Å². The summed E-state index contributed by atoms with van der Waals surface area (Å²) in [5.74, 6) is 0. The summed E-state index contributed by atoms with van der Waals surface area (Å²) >= 11 is 3.40. The molecule has 134 valence electrons. The summed E-state index contributed by atoms with van der Waals surface area (Å²) in [6.07, 6.45) is 2.02. The van der Waals surface area contributed by atoms with Crippen LogP contribution in [0.3, 0.4) is 0 Å². The smallest absolute Gasteiger partial charge is 0.274 e. The van der Waals surface area contributed by atoms with Crippen molar-refractivity contribution < 1.29 is 5.11 Å². The van der Waals surface area contributed by atoms with E-state index in [2.05, 4.69) is 50.2 Å². The molecule has 2 heterocycles. The minimum Gasteiger partial charge on any atom is -0.390 e. The van der Waals surface area contributed by atoms with Crippen molar-refractivity contribution in [3.63, 3.8) is 0 Å². The lowest BCUT2D eigenvalue weighted by Crippen LogP contribution is -2.40. The summed E-state index contributed by atoms with van der Waals surface area (Å²) < 4.78 is 2.21. The molecule has 1 N–H and O–H groups in total. The van der Waals surface area contributed by atoms with Gasteiger partial charge in [-0.05, 0) is 29.7 Å². The fourth-order valence-corrected chi connectivity index (χ4v) is 3.91. The van der Waals surface area contributed by atoms with Crippen LogP contribution in [0.5, 0.6) is 0 Å². The number of nitrogens with zero attached hydrogens (tertiary/aromatic N) is 3. The van der Waals surface area contributed by atoms with E-state index in [1.54, 1.807) is 12.3 Å². The lowest BCUT2D eigenvalue weighted by molar-refractivity contribution is 0.0878. The third-order valence-electron chi connectivity index (χ3n) is 4.88. The molecule has 0 aliphatic carbocycles. The van der Waals surface area contributed by atoms with Crippen molar-refractivity contribution in [2.45, 2.75) is 25.6 Å². The maximum absolute atomic E-state index is 12.6. The van der Waals surface area contributed by atoms with Gasteiger partial charge in [-0.3, -0.25) is 9.69 Å². The highest BCUT2D eigenvalue weighted by atomic mass is 79.9. The van der Waals surface area contributed by atoms with Crippen LogP contribution in [0, 0.1) is 0 Å². The van der Waals surface area contributed by atoms with Crippen LogP contribution in [-0.4, -0.2) is 39.0 Å². The first kappa shape index (κ1) is 17.4. The number of β-amino-alcohol motifs (C(OH)–C–C–N with tert-alkyl or cyclic N) is 1. The molecular weight excluding hydrogens is 394 g/mol. The van der Waals surface area contributed by atoms with Gasteiger partial charge in [-0.1, -0.05) is 46.3 Å². The van der Waals surface area contributed by atoms with E-state index in [4.69, 9.17) is 0 Å². The fourth-order valence-electron chi connectivity index (χ4n) is 3.55.